The standard InChI is InChI=1S/C15H22OS/c1-4-12(3)11-17-14(5-2)15(16)13-9-7-6-8-10-13/h6-10,12,14H,4-5,11H2,1-3H3. The van der Waals surface area contributed by atoms with Crippen LogP contribution in [0.15, 0.2) is 30.3 Å². The zero-order valence-corrected chi connectivity index (χ0v) is 11.8. The molecule has 1 nitrogen and oxygen atoms in total. The largest absolute Gasteiger partial charge is 0.293 e. The first kappa shape index (κ1) is 14.3. The van der Waals surface area contributed by atoms with Gasteiger partial charge >= 0.3 is 0 Å². The summed E-state index contributed by atoms with van der Waals surface area (Å²) in [5.74, 6) is 2.05. The van der Waals surface area contributed by atoms with Crippen molar-refractivity contribution in [3.8, 4) is 0 Å². The molecule has 0 heterocycles. The predicted octanol–water partition coefficient (Wildman–Crippen LogP) is 4.43. The Morgan fingerprint density at radius 3 is 2.35 bits per heavy atom. The number of Topliss-reactive ketones (excluding diaryl/α,β-unsaturated/α-hetero) is 1. The summed E-state index contributed by atoms with van der Waals surface area (Å²) < 4.78 is 0. The molecule has 0 saturated heterocycles. The van der Waals surface area contributed by atoms with Gasteiger partial charge in [0.15, 0.2) is 5.78 Å². The molecule has 0 aliphatic carbocycles. The lowest BCUT2D eigenvalue weighted by atomic mass is 10.1. The van der Waals surface area contributed by atoms with Crippen molar-refractivity contribution in [3.63, 3.8) is 0 Å². The van der Waals surface area contributed by atoms with E-state index in [4.69, 9.17) is 0 Å². The molecule has 0 saturated carbocycles. The highest BCUT2D eigenvalue weighted by molar-refractivity contribution is 8.00. The molecule has 2 unspecified atom stereocenters. The number of hydrogen-bond acceptors (Lipinski definition) is 2. The molecule has 0 amide bonds. The molecule has 0 bridgehead atoms. The van der Waals surface area contributed by atoms with Crippen molar-refractivity contribution in [2.24, 2.45) is 5.92 Å². The van der Waals surface area contributed by atoms with Crippen molar-refractivity contribution >= 4 is 17.5 Å². The summed E-state index contributed by atoms with van der Waals surface area (Å²) in [6, 6.07) is 9.63. The molecule has 1 aromatic carbocycles. The van der Waals surface area contributed by atoms with Crippen molar-refractivity contribution in [2.45, 2.75) is 38.9 Å². The minimum atomic E-state index is 0.117. The highest BCUT2D eigenvalue weighted by atomic mass is 32.2. The summed E-state index contributed by atoms with van der Waals surface area (Å²) in [6.45, 7) is 6.53. The average molecular weight is 250 g/mol. The van der Waals surface area contributed by atoms with Gasteiger partial charge in [-0.3, -0.25) is 4.79 Å². The Bertz CT molecular complexity index is 334. The van der Waals surface area contributed by atoms with E-state index < -0.39 is 0 Å². The van der Waals surface area contributed by atoms with Crippen molar-refractivity contribution in [1.82, 2.24) is 0 Å². The van der Waals surface area contributed by atoms with E-state index in [1.54, 1.807) is 0 Å². The molecule has 2 heteroatoms. The van der Waals surface area contributed by atoms with E-state index in [-0.39, 0.29) is 11.0 Å². The molecule has 0 N–H and O–H groups in total. The Morgan fingerprint density at radius 2 is 1.82 bits per heavy atom. The first-order valence-electron chi connectivity index (χ1n) is 6.39. The molecule has 1 aromatic rings. The van der Waals surface area contributed by atoms with Crippen LogP contribution in [0.1, 0.15) is 44.0 Å². The second-order valence-electron chi connectivity index (χ2n) is 4.47. The van der Waals surface area contributed by atoms with Gasteiger partial charge in [0.1, 0.15) is 0 Å². The van der Waals surface area contributed by atoms with Crippen LogP contribution in [0.25, 0.3) is 0 Å². The first-order chi connectivity index (χ1) is 8.19. The molecule has 2 atom stereocenters. The van der Waals surface area contributed by atoms with Gasteiger partial charge in [-0.25, -0.2) is 0 Å². The number of carbonyl (C=O) groups excluding carboxylic acids is 1. The topological polar surface area (TPSA) is 17.1 Å². The zero-order chi connectivity index (χ0) is 12.7. The fourth-order valence-electron chi connectivity index (χ4n) is 1.57. The molecule has 0 spiro atoms. The Hall–Kier alpha value is -0.760. The van der Waals surface area contributed by atoms with Gasteiger partial charge < -0.3 is 0 Å². The van der Waals surface area contributed by atoms with Crippen LogP contribution in [-0.2, 0) is 0 Å². The number of thioether (sulfide) groups is 1. The Kier molecular flexibility index (Phi) is 6.35. The van der Waals surface area contributed by atoms with Gasteiger partial charge in [-0.1, -0.05) is 57.5 Å². The third-order valence-electron chi connectivity index (χ3n) is 3.00. The van der Waals surface area contributed by atoms with E-state index in [1.807, 2.05) is 42.1 Å². The number of carbonyl (C=O) groups is 1. The maximum atomic E-state index is 12.3. The SMILES string of the molecule is CCC(C)CSC(CC)C(=O)c1ccccc1. The van der Waals surface area contributed by atoms with Crippen molar-refractivity contribution in [2.75, 3.05) is 5.75 Å². The molecule has 1 rings (SSSR count). The van der Waals surface area contributed by atoms with E-state index in [0.717, 1.165) is 17.7 Å². The smallest absolute Gasteiger partial charge is 0.175 e. The van der Waals surface area contributed by atoms with Crippen LogP contribution in [0.2, 0.25) is 0 Å². The van der Waals surface area contributed by atoms with Crippen LogP contribution >= 0.6 is 11.8 Å². The number of benzene rings is 1. The van der Waals surface area contributed by atoms with Crippen LogP contribution in [-0.4, -0.2) is 16.8 Å². The van der Waals surface area contributed by atoms with Crippen molar-refractivity contribution in [1.29, 1.82) is 0 Å². The number of rotatable bonds is 7. The highest BCUT2D eigenvalue weighted by Crippen LogP contribution is 2.23. The predicted molar refractivity (Wildman–Crippen MR) is 76.8 cm³/mol. The molecule has 0 radical (unpaired) electrons. The van der Waals surface area contributed by atoms with Gasteiger partial charge in [0.05, 0.1) is 5.25 Å². The van der Waals surface area contributed by atoms with Crippen molar-refractivity contribution in [3.05, 3.63) is 35.9 Å². The summed E-state index contributed by atoms with van der Waals surface area (Å²) in [6.07, 6.45) is 2.10. The maximum absolute atomic E-state index is 12.3. The first-order valence-corrected chi connectivity index (χ1v) is 7.44. The van der Waals surface area contributed by atoms with Crippen LogP contribution in [0.3, 0.4) is 0 Å². The minimum absolute atomic E-state index is 0.117. The summed E-state index contributed by atoms with van der Waals surface area (Å²) in [7, 11) is 0. The average Bonchev–Trinajstić information content (AvgIpc) is 2.39. The van der Waals surface area contributed by atoms with Gasteiger partial charge in [-0.15, -0.1) is 11.8 Å². The Morgan fingerprint density at radius 1 is 1.18 bits per heavy atom. The van der Waals surface area contributed by atoms with E-state index in [9.17, 15) is 4.79 Å². The summed E-state index contributed by atoms with van der Waals surface area (Å²) >= 11 is 1.81. The molecule has 17 heavy (non-hydrogen) atoms. The Balaban J connectivity index is 2.59. The van der Waals surface area contributed by atoms with Gasteiger partial charge in [0.25, 0.3) is 0 Å². The van der Waals surface area contributed by atoms with Gasteiger partial charge in [0, 0.05) is 5.56 Å². The monoisotopic (exact) mass is 250 g/mol. The molecule has 0 aliphatic heterocycles. The molecule has 0 aliphatic rings. The van der Waals surface area contributed by atoms with Crippen LogP contribution in [0.4, 0.5) is 0 Å². The fraction of sp³-hybridized carbons (Fsp3) is 0.533. The maximum Gasteiger partial charge on any atom is 0.175 e. The highest BCUT2D eigenvalue weighted by Gasteiger charge is 2.18. The minimum Gasteiger partial charge on any atom is -0.293 e. The van der Waals surface area contributed by atoms with Crippen LogP contribution in [0, 0.1) is 5.92 Å². The van der Waals surface area contributed by atoms with Gasteiger partial charge in [-0.2, -0.15) is 0 Å². The fourth-order valence-corrected chi connectivity index (χ4v) is 2.89. The van der Waals surface area contributed by atoms with Gasteiger partial charge in [0.2, 0.25) is 0 Å². The summed E-state index contributed by atoms with van der Waals surface area (Å²) in [5, 5.41) is 0.117. The third kappa shape index (κ3) is 4.55. The van der Waals surface area contributed by atoms with E-state index in [0.29, 0.717) is 5.92 Å². The molecular formula is C15H22OS. The third-order valence-corrected chi connectivity index (χ3v) is 4.71. The lowest BCUT2D eigenvalue weighted by Crippen LogP contribution is -2.18. The number of ketones is 1. The molecule has 0 aromatic heterocycles. The van der Waals surface area contributed by atoms with Crippen LogP contribution < -0.4 is 0 Å². The lowest BCUT2D eigenvalue weighted by molar-refractivity contribution is 0.0988. The van der Waals surface area contributed by atoms with E-state index in [1.165, 1.54) is 6.42 Å². The quantitative estimate of drug-likeness (QED) is 0.666. The summed E-state index contributed by atoms with van der Waals surface area (Å²) in [5.41, 5.74) is 0.844. The second-order valence-corrected chi connectivity index (χ2v) is 5.71. The molecule has 0 fully saturated rings. The lowest BCUT2D eigenvalue weighted by Gasteiger charge is -2.15. The van der Waals surface area contributed by atoms with E-state index >= 15 is 0 Å². The normalized spacial score (nSPS) is 14.3. The number of hydrogen-bond donors (Lipinski definition) is 0. The molecule has 94 valence electrons. The van der Waals surface area contributed by atoms with Gasteiger partial charge in [-0.05, 0) is 18.1 Å². The van der Waals surface area contributed by atoms with E-state index in [2.05, 4.69) is 20.8 Å². The van der Waals surface area contributed by atoms with Crippen molar-refractivity contribution < 1.29 is 4.79 Å². The van der Waals surface area contributed by atoms with Crippen LogP contribution in [0.5, 0.6) is 0 Å². The molecular weight excluding hydrogens is 228 g/mol. The second kappa shape index (κ2) is 7.54. The zero-order valence-electron chi connectivity index (χ0n) is 11.0. The summed E-state index contributed by atoms with van der Waals surface area (Å²) in [4.78, 5) is 12.3. The Labute approximate surface area is 109 Å².